The summed E-state index contributed by atoms with van der Waals surface area (Å²) < 4.78 is 6.05. The van der Waals surface area contributed by atoms with Gasteiger partial charge in [-0.1, -0.05) is 66.7 Å². The third kappa shape index (κ3) is 4.95. The van der Waals surface area contributed by atoms with Crippen LogP contribution < -0.4 is 4.74 Å². The topological polar surface area (TPSA) is 26.3 Å². The van der Waals surface area contributed by atoms with E-state index in [1.165, 1.54) is 5.56 Å². The summed E-state index contributed by atoms with van der Waals surface area (Å²) >= 11 is 0. The molecule has 2 heteroatoms. The van der Waals surface area contributed by atoms with Crippen molar-refractivity contribution in [1.82, 2.24) is 0 Å². The van der Waals surface area contributed by atoms with Crippen molar-refractivity contribution in [1.29, 1.82) is 0 Å². The maximum absolute atomic E-state index is 11.7. The van der Waals surface area contributed by atoms with E-state index in [2.05, 4.69) is 24.8 Å². The lowest BCUT2D eigenvalue weighted by Gasteiger charge is -2.15. The number of aldehydes is 1. The summed E-state index contributed by atoms with van der Waals surface area (Å²) in [4.78, 5) is 11.7. The lowest BCUT2D eigenvalue weighted by atomic mass is 9.97. The summed E-state index contributed by atoms with van der Waals surface area (Å²) in [6.07, 6.45) is 5.24. The van der Waals surface area contributed by atoms with Gasteiger partial charge in [-0.05, 0) is 53.6 Å². The van der Waals surface area contributed by atoms with Gasteiger partial charge < -0.3 is 4.74 Å². The molecular formula is C25H24O2. The predicted octanol–water partition coefficient (Wildman–Crippen LogP) is 5.91. The van der Waals surface area contributed by atoms with Gasteiger partial charge in [0.2, 0.25) is 0 Å². The molecule has 0 spiro atoms. The number of benzene rings is 3. The van der Waals surface area contributed by atoms with Crippen molar-refractivity contribution in [2.75, 3.05) is 6.61 Å². The molecule has 0 radical (unpaired) electrons. The molecule has 3 rings (SSSR count). The van der Waals surface area contributed by atoms with Crippen molar-refractivity contribution in [2.45, 2.75) is 19.3 Å². The molecule has 3 aromatic rings. The minimum Gasteiger partial charge on any atom is -0.493 e. The van der Waals surface area contributed by atoms with E-state index in [1.807, 2.05) is 60.7 Å². The Morgan fingerprint density at radius 3 is 2.26 bits per heavy atom. The second-order valence-corrected chi connectivity index (χ2v) is 6.47. The molecule has 2 nitrogen and oxygen atoms in total. The summed E-state index contributed by atoms with van der Waals surface area (Å²) in [5.74, 6) is 0.678. The van der Waals surface area contributed by atoms with Crippen molar-refractivity contribution in [2.24, 2.45) is 0 Å². The molecule has 0 saturated heterocycles. The Morgan fingerprint density at radius 2 is 1.59 bits per heavy atom. The lowest BCUT2D eigenvalue weighted by molar-refractivity contribution is 0.111. The second-order valence-electron chi connectivity index (χ2n) is 6.47. The molecule has 136 valence electrons. The highest BCUT2D eigenvalue weighted by Gasteiger charge is 2.12. The van der Waals surface area contributed by atoms with Crippen molar-refractivity contribution >= 4 is 6.29 Å². The number of carbonyl (C=O) groups excluding carboxylic acids is 1. The molecule has 27 heavy (non-hydrogen) atoms. The van der Waals surface area contributed by atoms with Crippen LogP contribution in [0.25, 0.3) is 11.1 Å². The summed E-state index contributed by atoms with van der Waals surface area (Å²) in [6, 6.07) is 24.4. The molecule has 0 fully saturated rings. The van der Waals surface area contributed by atoms with Crippen LogP contribution in [0.2, 0.25) is 0 Å². The summed E-state index contributed by atoms with van der Waals surface area (Å²) in [5, 5.41) is 0. The molecule has 0 aliphatic rings. The minimum atomic E-state index is 0.574. The molecule has 0 saturated carbocycles. The molecule has 3 aromatic carbocycles. The maximum atomic E-state index is 11.7. The van der Waals surface area contributed by atoms with Crippen LogP contribution >= 0.6 is 0 Å². The molecule has 0 aromatic heterocycles. The van der Waals surface area contributed by atoms with Gasteiger partial charge in [0.25, 0.3) is 0 Å². The zero-order chi connectivity index (χ0) is 18.9. The lowest BCUT2D eigenvalue weighted by Crippen LogP contribution is -2.05. The van der Waals surface area contributed by atoms with Gasteiger partial charge in [-0.15, -0.1) is 6.58 Å². The fourth-order valence-electron chi connectivity index (χ4n) is 3.18. The Hall–Kier alpha value is -3.13. The monoisotopic (exact) mass is 356 g/mol. The largest absolute Gasteiger partial charge is 0.493 e. The van der Waals surface area contributed by atoms with E-state index >= 15 is 0 Å². The molecule has 0 unspecified atom stereocenters. The first-order chi connectivity index (χ1) is 13.3. The molecular weight excluding hydrogens is 332 g/mol. The Bertz CT molecular complexity index is 883. The highest BCUT2D eigenvalue weighted by molar-refractivity contribution is 5.84. The van der Waals surface area contributed by atoms with Gasteiger partial charge in [0, 0.05) is 0 Å². The van der Waals surface area contributed by atoms with Gasteiger partial charge in [0.1, 0.15) is 5.75 Å². The average molecular weight is 356 g/mol. The van der Waals surface area contributed by atoms with Crippen LogP contribution in [0.1, 0.15) is 27.9 Å². The first-order valence-electron chi connectivity index (χ1n) is 9.27. The van der Waals surface area contributed by atoms with E-state index in [0.29, 0.717) is 24.3 Å². The summed E-state index contributed by atoms with van der Waals surface area (Å²) in [7, 11) is 0. The van der Waals surface area contributed by atoms with Crippen molar-refractivity contribution < 1.29 is 9.53 Å². The van der Waals surface area contributed by atoms with Gasteiger partial charge in [-0.3, -0.25) is 4.79 Å². The molecule has 0 aliphatic carbocycles. The van der Waals surface area contributed by atoms with Crippen molar-refractivity contribution in [3.8, 4) is 16.9 Å². The third-order valence-corrected chi connectivity index (χ3v) is 4.49. The highest BCUT2D eigenvalue weighted by Crippen LogP contribution is 2.31. The highest BCUT2D eigenvalue weighted by atomic mass is 16.5. The van der Waals surface area contributed by atoms with Crippen LogP contribution in [-0.4, -0.2) is 12.9 Å². The Kier molecular flexibility index (Phi) is 6.59. The van der Waals surface area contributed by atoms with E-state index in [4.69, 9.17) is 4.74 Å². The van der Waals surface area contributed by atoms with Gasteiger partial charge in [0.15, 0.2) is 6.29 Å². The zero-order valence-corrected chi connectivity index (χ0v) is 15.4. The van der Waals surface area contributed by atoms with Crippen LogP contribution in [-0.2, 0) is 12.8 Å². The van der Waals surface area contributed by atoms with Crippen LogP contribution in [0.3, 0.4) is 0 Å². The Morgan fingerprint density at radius 1 is 0.889 bits per heavy atom. The number of hydrogen-bond acceptors (Lipinski definition) is 2. The van der Waals surface area contributed by atoms with Crippen LogP contribution in [0, 0.1) is 0 Å². The summed E-state index contributed by atoms with van der Waals surface area (Å²) in [5.41, 5.74) is 4.98. The van der Waals surface area contributed by atoms with E-state index < -0.39 is 0 Å². The fourth-order valence-corrected chi connectivity index (χ4v) is 3.18. The first kappa shape index (κ1) is 18.7. The fraction of sp³-hybridized carbons (Fsp3) is 0.160. The van der Waals surface area contributed by atoms with E-state index in [1.54, 1.807) is 0 Å². The molecule has 0 N–H and O–H groups in total. The third-order valence-electron chi connectivity index (χ3n) is 4.49. The number of carbonyl (C=O) groups is 1. The predicted molar refractivity (Wildman–Crippen MR) is 111 cm³/mol. The maximum Gasteiger partial charge on any atom is 0.153 e. The van der Waals surface area contributed by atoms with Crippen molar-refractivity contribution in [3.05, 3.63) is 102 Å². The Labute approximate surface area is 161 Å². The normalized spacial score (nSPS) is 10.4. The van der Waals surface area contributed by atoms with Gasteiger partial charge in [-0.25, -0.2) is 0 Å². The smallest absolute Gasteiger partial charge is 0.153 e. The van der Waals surface area contributed by atoms with Gasteiger partial charge in [0.05, 0.1) is 12.2 Å². The van der Waals surface area contributed by atoms with E-state index in [0.717, 1.165) is 35.8 Å². The van der Waals surface area contributed by atoms with E-state index in [9.17, 15) is 4.79 Å². The zero-order valence-electron chi connectivity index (χ0n) is 15.4. The number of rotatable bonds is 9. The number of ether oxygens (including phenoxy) is 1. The average Bonchev–Trinajstić information content (AvgIpc) is 2.73. The molecule has 0 bridgehead atoms. The van der Waals surface area contributed by atoms with Crippen LogP contribution in [0.15, 0.2) is 85.5 Å². The van der Waals surface area contributed by atoms with Crippen LogP contribution in [0.5, 0.6) is 5.75 Å². The van der Waals surface area contributed by atoms with Crippen LogP contribution in [0.4, 0.5) is 0 Å². The second kappa shape index (κ2) is 9.54. The quantitative estimate of drug-likeness (QED) is 0.271. The first-order valence-corrected chi connectivity index (χ1v) is 9.27. The molecule has 0 aliphatic heterocycles. The molecule has 0 heterocycles. The minimum absolute atomic E-state index is 0.574. The van der Waals surface area contributed by atoms with E-state index in [-0.39, 0.29) is 0 Å². The van der Waals surface area contributed by atoms with Gasteiger partial charge >= 0.3 is 0 Å². The summed E-state index contributed by atoms with van der Waals surface area (Å²) in [6.45, 7) is 4.42. The molecule has 0 atom stereocenters. The Balaban J connectivity index is 1.78. The standard InChI is InChI=1S/C25H24O2/c1-2-10-22-17-23(21-14-7-4-8-15-21)18-24(19-26)25(22)27-16-9-13-20-11-5-3-6-12-20/h2-8,11-12,14-15,17-19H,1,9-10,13,16H2. The van der Waals surface area contributed by atoms with Gasteiger partial charge in [-0.2, -0.15) is 0 Å². The molecule has 0 amide bonds. The number of hydrogen-bond donors (Lipinski definition) is 0. The number of aryl methyl sites for hydroxylation is 1. The van der Waals surface area contributed by atoms with Crippen molar-refractivity contribution in [3.63, 3.8) is 0 Å². The number of allylic oxidation sites excluding steroid dienone is 1. The SMILES string of the molecule is C=CCc1cc(-c2ccccc2)cc(C=O)c1OCCCc1ccccc1.